The molecular formula is C22H26FN3O4. The van der Waals surface area contributed by atoms with Gasteiger partial charge in [0, 0.05) is 30.6 Å². The fourth-order valence-electron chi connectivity index (χ4n) is 3.56. The minimum Gasteiger partial charge on any atom is -0.481 e. The molecule has 1 fully saturated rings. The molecule has 0 atom stereocenters. The molecule has 3 rings (SSSR count). The van der Waals surface area contributed by atoms with Gasteiger partial charge in [-0.3, -0.25) is 9.59 Å². The van der Waals surface area contributed by atoms with E-state index in [0.29, 0.717) is 30.1 Å². The summed E-state index contributed by atoms with van der Waals surface area (Å²) in [5, 5.41) is 2.88. The summed E-state index contributed by atoms with van der Waals surface area (Å²) in [4.78, 5) is 31.3. The molecule has 1 N–H and O–H groups in total. The van der Waals surface area contributed by atoms with Crippen LogP contribution in [0.2, 0.25) is 0 Å². The molecule has 30 heavy (non-hydrogen) atoms. The number of carbonyl (C=O) groups is 2. The lowest BCUT2D eigenvalue weighted by Gasteiger charge is -2.31. The smallest absolute Gasteiger partial charge is 0.256 e. The fraction of sp³-hybridized carbons (Fsp3) is 0.409. The summed E-state index contributed by atoms with van der Waals surface area (Å²) in [5.74, 6) is 0.0150. The molecule has 2 aromatic rings. The van der Waals surface area contributed by atoms with Crippen LogP contribution in [0.15, 0.2) is 36.4 Å². The lowest BCUT2D eigenvalue weighted by Crippen LogP contribution is -2.41. The Morgan fingerprint density at radius 1 is 1.10 bits per heavy atom. The Bertz CT molecular complexity index is 880. The summed E-state index contributed by atoms with van der Waals surface area (Å²) in [7, 11) is 2.95. The first kappa shape index (κ1) is 21.7. The minimum absolute atomic E-state index is 0.0454. The van der Waals surface area contributed by atoms with Crippen LogP contribution in [-0.2, 0) is 0 Å². The minimum atomic E-state index is -0.341. The van der Waals surface area contributed by atoms with E-state index in [1.807, 2.05) is 0 Å². The second-order valence-corrected chi connectivity index (χ2v) is 7.15. The topological polar surface area (TPSA) is 80.8 Å². The highest BCUT2D eigenvalue weighted by molar-refractivity contribution is 5.98. The molecule has 1 aromatic heterocycles. The number of hydrogen-bond acceptors (Lipinski definition) is 6. The maximum atomic E-state index is 13.0. The first-order valence-electron chi connectivity index (χ1n) is 9.91. The quantitative estimate of drug-likeness (QED) is 0.668. The molecule has 0 bridgehead atoms. The molecule has 0 unspecified atom stereocenters. The molecule has 1 aliphatic heterocycles. The molecule has 8 heteroatoms. The van der Waals surface area contributed by atoms with Gasteiger partial charge in [0.2, 0.25) is 11.8 Å². The fourth-order valence-corrected chi connectivity index (χ4v) is 3.56. The van der Waals surface area contributed by atoms with Crippen LogP contribution in [0, 0.1) is 11.7 Å². The van der Waals surface area contributed by atoms with Crippen molar-refractivity contribution in [1.29, 1.82) is 0 Å². The maximum absolute atomic E-state index is 13.0. The number of amides is 1. The molecule has 160 valence electrons. The number of piperidine rings is 1. The molecule has 0 saturated carbocycles. The zero-order valence-electron chi connectivity index (χ0n) is 17.2. The van der Waals surface area contributed by atoms with E-state index < -0.39 is 0 Å². The van der Waals surface area contributed by atoms with Crippen LogP contribution < -0.4 is 14.8 Å². The van der Waals surface area contributed by atoms with Gasteiger partial charge in [-0.05, 0) is 56.3 Å². The van der Waals surface area contributed by atoms with Crippen LogP contribution >= 0.6 is 0 Å². The van der Waals surface area contributed by atoms with Crippen molar-refractivity contribution in [2.45, 2.75) is 12.8 Å². The molecule has 0 spiro atoms. The van der Waals surface area contributed by atoms with Gasteiger partial charge in [0.25, 0.3) is 5.91 Å². The SMILES string of the molecule is COc1ccc(C(=O)NCCN2CCC(C(=O)c3ccc(F)cc3)CC2)c(OC)n1. The van der Waals surface area contributed by atoms with E-state index in [9.17, 15) is 14.0 Å². The maximum Gasteiger partial charge on any atom is 0.256 e. The van der Waals surface area contributed by atoms with Crippen molar-refractivity contribution in [3.05, 3.63) is 53.3 Å². The Hall–Kier alpha value is -3.00. The number of benzene rings is 1. The van der Waals surface area contributed by atoms with E-state index >= 15 is 0 Å². The van der Waals surface area contributed by atoms with Crippen LogP contribution in [0.4, 0.5) is 4.39 Å². The van der Waals surface area contributed by atoms with E-state index in [1.54, 1.807) is 24.3 Å². The van der Waals surface area contributed by atoms with Crippen molar-refractivity contribution >= 4 is 11.7 Å². The number of nitrogens with zero attached hydrogens (tertiary/aromatic N) is 2. The molecule has 0 aliphatic carbocycles. The van der Waals surface area contributed by atoms with Crippen LogP contribution in [-0.4, -0.2) is 62.0 Å². The Morgan fingerprint density at radius 2 is 1.80 bits per heavy atom. The highest BCUT2D eigenvalue weighted by Gasteiger charge is 2.25. The Labute approximate surface area is 175 Å². The summed E-state index contributed by atoms with van der Waals surface area (Å²) in [6, 6.07) is 8.95. The highest BCUT2D eigenvalue weighted by Crippen LogP contribution is 2.22. The molecule has 1 saturated heterocycles. The zero-order chi connectivity index (χ0) is 21.5. The number of nitrogens with one attached hydrogen (secondary N) is 1. The second kappa shape index (κ2) is 10.2. The van der Waals surface area contributed by atoms with Crippen LogP contribution in [0.5, 0.6) is 11.8 Å². The van der Waals surface area contributed by atoms with Gasteiger partial charge in [0.05, 0.1) is 14.2 Å². The Morgan fingerprint density at radius 3 is 2.43 bits per heavy atom. The van der Waals surface area contributed by atoms with Gasteiger partial charge in [-0.2, -0.15) is 4.98 Å². The number of likely N-dealkylation sites (tertiary alicyclic amines) is 1. The van der Waals surface area contributed by atoms with Crippen LogP contribution in [0.25, 0.3) is 0 Å². The first-order chi connectivity index (χ1) is 14.5. The van der Waals surface area contributed by atoms with Crippen molar-refractivity contribution in [1.82, 2.24) is 15.2 Å². The van der Waals surface area contributed by atoms with E-state index in [4.69, 9.17) is 9.47 Å². The summed E-state index contributed by atoms with van der Waals surface area (Å²) >= 11 is 0. The summed E-state index contributed by atoms with van der Waals surface area (Å²) in [6.07, 6.45) is 1.50. The standard InChI is InChI=1S/C22H26FN3O4/c1-29-19-8-7-18(22(25-19)30-2)21(28)24-11-14-26-12-9-16(10-13-26)20(27)15-3-5-17(23)6-4-15/h3-8,16H,9-14H2,1-2H3,(H,24,28). The third-order valence-electron chi connectivity index (χ3n) is 5.28. The average molecular weight is 415 g/mol. The van der Waals surface area contributed by atoms with E-state index in [0.717, 1.165) is 25.9 Å². The highest BCUT2D eigenvalue weighted by atomic mass is 19.1. The number of ether oxygens (including phenoxy) is 2. The van der Waals surface area contributed by atoms with Gasteiger partial charge in [0.1, 0.15) is 11.4 Å². The molecule has 0 radical (unpaired) electrons. The molecule has 1 aliphatic rings. The van der Waals surface area contributed by atoms with Crippen molar-refractivity contribution in [2.24, 2.45) is 5.92 Å². The van der Waals surface area contributed by atoms with E-state index in [1.165, 1.54) is 26.4 Å². The number of carbonyl (C=O) groups excluding carboxylic acids is 2. The van der Waals surface area contributed by atoms with E-state index in [2.05, 4.69) is 15.2 Å². The van der Waals surface area contributed by atoms with Gasteiger partial charge in [-0.15, -0.1) is 0 Å². The van der Waals surface area contributed by atoms with Gasteiger partial charge >= 0.3 is 0 Å². The molecule has 1 amide bonds. The second-order valence-electron chi connectivity index (χ2n) is 7.15. The number of halogens is 1. The molecule has 2 heterocycles. The van der Waals surface area contributed by atoms with Gasteiger partial charge < -0.3 is 19.7 Å². The number of aromatic nitrogens is 1. The number of ketones is 1. The first-order valence-corrected chi connectivity index (χ1v) is 9.91. The zero-order valence-corrected chi connectivity index (χ0v) is 17.2. The Balaban J connectivity index is 1.44. The lowest BCUT2D eigenvalue weighted by molar-refractivity contribution is 0.0839. The van der Waals surface area contributed by atoms with Crippen molar-refractivity contribution in [3.63, 3.8) is 0 Å². The lowest BCUT2D eigenvalue weighted by atomic mass is 9.89. The van der Waals surface area contributed by atoms with Crippen LogP contribution in [0.1, 0.15) is 33.6 Å². The van der Waals surface area contributed by atoms with Crippen molar-refractivity contribution < 1.29 is 23.5 Å². The van der Waals surface area contributed by atoms with E-state index in [-0.39, 0.29) is 29.3 Å². The number of methoxy groups -OCH3 is 2. The largest absolute Gasteiger partial charge is 0.481 e. The number of rotatable bonds is 8. The van der Waals surface area contributed by atoms with Gasteiger partial charge in [-0.25, -0.2) is 4.39 Å². The van der Waals surface area contributed by atoms with Gasteiger partial charge in [-0.1, -0.05) is 0 Å². The van der Waals surface area contributed by atoms with Gasteiger partial charge in [0.15, 0.2) is 5.78 Å². The third kappa shape index (κ3) is 5.33. The molecular weight excluding hydrogens is 389 g/mol. The number of hydrogen-bond donors (Lipinski definition) is 1. The number of pyridine rings is 1. The number of Topliss-reactive ketones (excluding diaryl/α,β-unsaturated/α-hetero) is 1. The summed E-state index contributed by atoms with van der Waals surface area (Å²) in [6.45, 7) is 2.72. The molecule has 1 aromatic carbocycles. The molecule has 7 nitrogen and oxygen atoms in total. The predicted octanol–water partition coefficient (Wildman–Crippen LogP) is 2.56. The van der Waals surface area contributed by atoms with Crippen LogP contribution in [0.3, 0.4) is 0 Å². The third-order valence-corrected chi connectivity index (χ3v) is 5.28. The van der Waals surface area contributed by atoms with Crippen molar-refractivity contribution in [3.8, 4) is 11.8 Å². The average Bonchev–Trinajstić information content (AvgIpc) is 2.79. The monoisotopic (exact) mass is 415 g/mol. The summed E-state index contributed by atoms with van der Waals surface area (Å²) < 4.78 is 23.2. The summed E-state index contributed by atoms with van der Waals surface area (Å²) in [5.41, 5.74) is 0.908. The van der Waals surface area contributed by atoms with Crippen molar-refractivity contribution in [2.75, 3.05) is 40.4 Å². The Kier molecular flexibility index (Phi) is 7.35. The normalized spacial score (nSPS) is 14.9. The predicted molar refractivity (Wildman–Crippen MR) is 110 cm³/mol.